The molecule has 2 bridgehead atoms. The van der Waals surface area contributed by atoms with Crippen LogP contribution in [0.2, 0.25) is 0 Å². The van der Waals surface area contributed by atoms with Crippen LogP contribution in [-0.4, -0.2) is 61.3 Å². The molecule has 0 radical (unpaired) electrons. The Morgan fingerprint density at radius 1 is 1.31 bits per heavy atom. The van der Waals surface area contributed by atoms with Crippen molar-refractivity contribution in [3.05, 3.63) is 34.0 Å². The molecule has 1 amide bonds. The van der Waals surface area contributed by atoms with Gasteiger partial charge in [0.2, 0.25) is 5.91 Å². The quantitative estimate of drug-likeness (QED) is 0.823. The van der Waals surface area contributed by atoms with E-state index >= 15 is 0 Å². The molecule has 0 aromatic carbocycles. The summed E-state index contributed by atoms with van der Waals surface area (Å²) in [4.78, 5) is 21.7. The predicted molar refractivity (Wildman–Crippen MR) is 98.5 cm³/mol. The first kappa shape index (κ1) is 17.6. The van der Waals surface area contributed by atoms with Crippen LogP contribution in [0.15, 0.2) is 17.1 Å². The van der Waals surface area contributed by atoms with E-state index in [1.807, 2.05) is 28.9 Å². The zero-order valence-electron chi connectivity index (χ0n) is 15.0. The van der Waals surface area contributed by atoms with Crippen molar-refractivity contribution in [3.63, 3.8) is 0 Å². The third kappa shape index (κ3) is 3.54. The van der Waals surface area contributed by atoms with Gasteiger partial charge in [-0.05, 0) is 19.8 Å². The second-order valence-corrected chi connectivity index (χ2v) is 8.01. The first-order chi connectivity index (χ1) is 12.6. The van der Waals surface area contributed by atoms with Gasteiger partial charge < -0.3 is 10.0 Å². The van der Waals surface area contributed by atoms with Gasteiger partial charge in [-0.1, -0.05) is 0 Å². The summed E-state index contributed by atoms with van der Waals surface area (Å²) in [7, 11) is 0. The molecule has 3 aliphatic rings. The van der Waals surface area contributed by atoms with E-state index in [4.69, 9.17) is 5.11 Å². The number of amides is 1. The van der Waals surface area contributed by atoms with Gasteiger partial charge in [-0.2, -0.15) is 5.10 Å². The standard InChI is InChI=1S/C18H25N5O2S/c1-13-15(8-22(20-13)4-5-24)7-21-6-14-2-3-17(10-21)23(18(14)25)9-16-11-26-12-19-16/h8,11-12,14,17,24H,2-7,9-10H2,1H3/t14-,17+/m0/s1. The van der Waals surface area contributed by atoms with Crippen molar-refractivity contribution in [3.8, 4) is 0 Å². The number of nitrogens with zero attached hydrogens (tertiary/aromatic N) is 5. The average Bonchev–Trinajstić information content (AvgIpc) is 3.15. The number of aliphatic hydroxyl groups is 1. The molecule has 0 unspecified atom stereocenters. The molecule has 5 heterocycles. The molecule has 8 heteroatoms. The van der Waals surface area contributed by atoms with Gasteiger partial charge in [0.05, 0.1) is 42.5 Å². The highest BCUT2D eigenvalue weighted by Gasteiger charge is 2.40. The summed E-state index contributed by atoms with van der Waals surface area (Å²) in [5.41, 5.74) is 5.00. The molecule has 2 atom stereocenters. The lowest BCUT2D eigenvalue weighted by atomic mass is 9.94. The lowest BCUT2D eigenvalue weighted by Crippen LogP contribution is -2.47. The van der Waals surface area contributed by atoms with Crippen LogP contribution in [-0.2, 0) is 24.4 Å². The number of carbonyl (C=O) groups is 1. The van der Waals surface area contributed by atoms with Gasteiger partial charge in [-0.3, -0.25) is 14.4 Å². The largest absolute Gasteiger partial charge is 0.394 e. The van der Waals surface area contributed by atoms with Crippen molar-refractivity contribution in [2.45, 2.75) is 45.4 Å². The smallest absolute Gasteiger partial charge is 0.227 e. The third-order valence-corrected chi connectivity index (χ3v) is 6.09. The Labute approximate surface area is 157 Å². The van der Waals surface area contributed by atoms with Crippen LogP contribution in [0.3, 0.4) is 0 Å². The summed E-state index contributed by atoms with van der Waals surface area (Å²) in [6.45, 7) is 5.77. The van der Waals surface area contributed by atoms with Crippen LogP contribution in [0.5, 0.6) is 0 Å². The molecular weight excluding hydrogens is 350 g/mol. The number of piperidine rings is 1. The van der Waals surface area contributed by atoms with Crippen LogP contribution in [0.25, 0.3) is 0 Å². The number of thiazole rings is 1. The van der Waals surface area contributed by atoms with E-state index < -0.39 is 0 Å². The first-order valence-electron chi connectivity index (χ1n) is 9.17. The summed E-state index contributed by atoms with van der Waals surface area (Å²) in [6, 6.07) is 0.260. The molecule has 3 saturated heterocycles. The minimum Gasteiger partial charge on any atom is -0.394 e. The van der Waals surface area contributed by atoms with E-state index in [-0.39, 0.29) is 24.5 Å². The van der Waals surface area contributed by atoms with Crippen LogP contribution in [0.1, 0.15) is 29.8 Å². The Balaban J connectivity index is 1.48. The van der Waals surface area contributed by atoms with Gasteiger partial charge in [-0.25, -0.2) is 4.98 Å². The van der Waals surface area contributed by atoms with Crippen LogP contribution in [0, 0.1) is 12.8 Å². The second-order valence-electron chi connectivity index (χ2n) is 7.29. The van der Waals surface area contributed by atoms with Gasteiger partial charge in [0, 0.05) is 42.8 Å². The fourth-order valence-electron chi connectivity index (χ4n) is 4.13. The van der Waals surface area contributed by atoms with E-state index in [9.17, 15) is 4.79 Å². The lowest BCUT2D eigenvalue weighted by Gasteiger charge is -2.35. The summed E-state index contributed by atoms with van der Waals surface area (Å²) in [5, 5.41) is 15.6. The zero-order valence-corrected chi connectivity index (χ0v) is 15.9. The Hall–Kier alpha value is -1.77. The molecule has 2 aromatic heterocycles. The molecular formula is C18H25N5O2S. The van der Waals surface area contributed by atoms with E-state index in [1.165, 1.54) is 5.56 Å². The van der Waals surface area contributed by atoms with E-state index in [1.54, 1.807) is 16.0 Å². The van der Waals surface area contributed by atoms with Crippen molar-refractivity contribution in [2.24, 2.45) is 5.92 Å². The van der Waals surface area contributed by atoms with E-state index in [0.717, 1.165) is 43.9 Å². The maximum absolute atomic E-state index is 12.9. The van der Waals surface area contributed by atoms with Crippen LogP contribution in [0.4, 0.5) is 0 Å². The highest BCUT2D eigenvalue weighted by atomic mass is 32.1. The number of aromatic nitrogens is 3. The minimum absolute atomic E-state index is 0.0835. The molecule has 5 rings (SSSR count). The highest BCUT2D eigenvalue weighted by molar-refractivity contribution is 7.07. The van der Waals surface area contributed by atoms with Gasteiger partial charge in [0.1, 0.15) is 0 Å². The summed E-state index contributed by atoms with van der Waals surface area (Å²) >= 11 is 1.58. The maximum Gasteiger partial charge on any atom is 0.227 e. The number of aryl methyl sites for hydroxylation is 1. The van der Waals surface area contributed by atoms with Gasteiger partial charge in [-0.15, -0.1) is 11.3 Å². The van der Waals surface area contributed by atoms with Crippen LogP contribution >= 0.6 is 11.3 Å². The van der Waals surface area contributed by atoms with Crippen molar-refractivity contribution < 1.29 is 9.90 Å². The molecule has 2 aromatic rings. The molecule has 3 aliphatic heterocycles. The van der Waals surface area contributed by atoms with Crippen molar-refractivity contribution in [1.29, 1.82) is 0 Å². The second kappa shape index (κ2) is 7.46. The monoisotopic (exact) mass is 375 g/mol. The Kier molecular flexibility index (Phi) is 5.06. The fourth-order valence-corrected chi connectivity index (χ4v) is 4.68. The van der Waals surface area contributed by atoms with Gasteiger partial charge >= 0.3 is 0 Å². The Bertz CT molecular complexity index is 760. The highest BCUT2D eigenvalue weighted by Crippen LogP contribution is 2.31. The summed E-state index contributed by atoms with van der Waals surface area (Å²) in [5.74, 6) is 0.365. The lowest BCUT2D eigenvalue weighted by molar-refractivity contribution is -0.140. The Morgan fingerprint density at radius 2 is 2.19 bits per heavy atom. The Morgan fingerprint density at radius 3 is 2.96 bits per heavy atom. The number of hydrogen-bond acceptors (Lipinski definition) is 6. The number of rotatable bonds is 6. The zero-order chi connectivity index (χ0) is 18.1. The predicted octanol–water partition coefficient (Wildman–Crippen LogP) is 1.26. The minimum atomic E-state index is 0.0835. The van der Waals surface area contributed by atoms with Crippen molar-refractivity contribution in [1.82, 2.24) is 24.6 Å². The molecule has 26 heavy (non-hydrogen) atoms. The average molecular weight is 375 g/mol. The molecule has 3 fully saturated rings. The molecule has 7 nitrogen and oxygen atoms in total. The summed E-state index contributed by atoms with van der Waals surface area (Å²) in [6.07, 6.45) is 4.07. The SMILES string of the molecule is Cc1nn(CCO)cc1CN1C[C@@H]2CC[C@H](C1)N(Cc1cscn1)C2=O. The van der Waals surface area contributed by atoms with E-state index in [0.29, 0.717) is 13.1 Å². The molecule has 0 saturated carbocycles. The van der Waals surface area contributed by atoms with Crippen molar-refractivity contribution >= 4 is 17.2 Å². The summed E-state index contributed by atoms with van der Waals surface area (Å²) < 4.78 is 1.80. The first-order valence-corrected chi connectivity index (χ1v) is 10.1. The number of hydrogen-bond donors (Lipinski definition) is 1. The molecule has 140 valence electrons. The normalized spacial score (nSPS) is 23.6. The molecule has 1 N–H and O–H groups in total. The number of carbonyl (C=O) groups excluding carboxylic acids is 1. The molecule has 0 aliphatic carbocycles. The number of fused-ring (bicyclic) bond motifs is 4. The maximum atomic E-state index is 12.9. The third-order valence-electron chi connectivity index (χ3n) is 5.46. The molecule has 0 spiro atoms. The van der Waals surface area contributed by atoms with Crippen molar-refractivity contribution in [2.75, 3.05) is 19.7 Å². The van der Waals surface area contributed by atoms with Gasteiger partial charge in [0.25, 0.3) is 0 Å². The number of aliphatic hydroxyl groups excluding tert-OH is 1. The van der Waals surface area contributed by atoms with E-state index in [2.05, 4.69) is 15.0 Å². The topological polar surface area (TPSA) is 74.5 Å². The fraction of sp³-hybridized carbons (Fsp3) is 0.611. The van der Waals surface area contributed by atoms with Gasteiger partial charge in [0.15, 0.2) is 0 Å². The van der Waals surface area contributed by atoms with Crippen LogP contribution < -0.4 is 0 Å².